The van der Waals surface area contributed by atoms with Crippen molar-refractivity contribution in [3.63, 3.8) is 0 Å². The number of aliphatic carboxylic acids is 1. The summed E-state index contributed by atoms with van der Waals surface area (Å²) >= 11 is 0. The lowest BCUT2D eigenvalue weighted by Crippen LogP contribution is -2.48. The molecule has 0 aliphatic rings. The van der Waals surface area contributed by atoms with Gasteiger partial charge in [0.15, 0.2) is 0 Å². The number of hydrogen-bond donors (Lipinski definition) is 4. The Kier molecular flexibility index (Phi) is 6.89. The van der Waals surface area contributed by atoms with Crippen molar-refractivity contribution in [2.45, 2.75) is 46.1 Å². The largest absolute Gasteiger partial charge is 0.480 e. The van der Waals surface area contributed by atoms with Gasteiger partial charge in [0.05, 0.1) is 0 Å². The fourth-order valence-electron chi connectivity index (χ4n) is 1.20. The number of hydrogen-bond acceptors (Lipinski definition) is 3. The first-order valence-electron chi connectivity index (χ1n) is 6.23. The van der Waals surface area contributed by atoms with Crippen LogP contribution in [0.2, 0.25) is 0 Å². The Balaban J connectivity index is 4.25. The van der Waals surface area contributed by atoms with Crippen molar-refractivity contribution in [3.05, 3.63) is 0 Å². The van der Waals surface area contributed by atoms with Gasteiger partial charge in [-0.1, -0.05) is 20.8 Å². The molecule has 0 aromatic rings. The van der Waals surface area contributed by atoms with Crippen LogP contribution in [0.5, 0.6) is 0 Å². The minimum atomic E-state index is -1.19. The Morgan fingerprint density at radius 3 is 2.32 bits per heavy atom. The Morgan fingerprint density at radius 1 is 1.32 bits per heavy atom. The highest BCUT2D eigenvalue weighted by Gasteiger charge is 2.22. The third-order valence-corrected chi connectivity index (χ3v) is 2.97. The molecule has 0 saturated heterocycles. The Hall–Kier alpha value is -1.79. The van der Waals surface area contributed by atoms with Crippen molar-refractivity contribution in [2.24, 2.45) is 11.1 Å². The maximum Gasteiger partial charge on any atom is 0.326 e. The summed E-state index contributed by atoms with van der Waals surface area (Å²) in [6, 6.07) is -1.67. The van der Waals surface area contributed by atoms with E-state index in [0.717, 1.165) is 6.42 Å². The minimum absolute atomic E-state index is 0.0186. The number of nitrogens with one attached hydrogen (secondary N) is 2. The van der Waals surface area contributed by atoms with Gasteiger partial charge >= 0.3 is 12.0 Å². The fourth-order valence-corrected chi connectivity index (χ4v) is 1.20. The predicted molar refractivity (Wildman–Crippen MR) is 70.5 cm³/mol. The molecule has 7 heteroatoms. The topological polar surface area (TPSA) is 122 Å². The second-order valence-electron chi connectivity index (χ2n) is 5.24. The Morgan fingerprint density at radius 2 is 1.89 bits per heavy atom. The van der Waals surface area contributed by atoms with Crippen LogP contribution in [0.15, 0.2) is 0 Å². The summed E-state index contributed by atoms with van der Waals surface area (Å²) in [4.78, 5) is 33.1. The maximum absolute atomic E-state index is 11.6. The lowest BCUT2D eigenvalue weighted by molar-refractivity contribution is -0.139. The molecule has 5 N–H and O–H groups in total. The smallest absolute Gasteiger partial charge is 0.326 e. The third kappa shape index (κ3) is 8.01. The lowest BCUT2D eigenvalue weighted by atomic mass is 9.90. The monoisotopic (exact) mass is 273 g/mol. The molecule has 19 heavy (non-hydrogen) atoms. The molecule has 110 valence electrons. The molecule has 1 atom stereocenters. The minimum Gasteiger partial charge on any atom is -0.480 e. The van der Waals surface area contributed by atoms with E-state index in [4.69, 9.17) is 10.8 Å². The molecular formula is C12H23N3O4. The number of rotatable bonds is 8. The van der Waals surface area contributed by atoms with Gasteiger partial charge in [0.1, 0.15) is 6.04 Å². The molecule has 0 aliphatic heterocycles. The van der Waals surface area contributed by atoms with E-state index < -0.39 is 23.9 Å². The second kappa shape index (κ2) is 7.60. The summed E-state index contributed by atoms with van der Waals surface area (Å²) in [5.74, 6) is -1.79. The molecule has 0 spiro atoms. The summed E-state index contributed by atoms with van der Waals surface area (Å²) in [5.41, 5.74) is 4.89. The zero-order valence-corrected chi connectivity index (χ0v) is 11.7. The van der Waals surface area contributed by atoms with Gasteiger partial charge in [-0.05, 0) is 18.3 Å². The molecule has 0 saturated carbocycles. The molecule has 0 aliphatic carbocycles. The average molecular weight is 273 g/mol. The zero-order chi connectivity index (χ0) is 15.1. The van der Waals surface area contributed by atoms with Crippen LogP contribution >= 0.6 is 0 Å². The van der Waals surface area contributed by atoms with Gasteiger partial charge in [-0.2, -0.15) is 0 Å². The van der Waals surface area contributed by atoms with Crippen LogP contribution in [-0.4, -0.2) is 35.6 Å². The Labute approximate surface area is 112 Å². The number of carboxylic acids is 1. The third-order valence-electron chi connectivity index (χ3n) is 2.97. The number of amides is 3. The van der Waals surface area contributed by atoms with E-state index in [1.165, 1.54) is 0 Å². The zero-order valence-electron chi connectivity index (χ0n) is 11.7. The SMILES string of the molecule is CCC(C)(C)CNC(=O)N[C@@H](CCC(N)=O)C(=O)O. The molecule has 0 unspecified atom stereocenters. The second-order valence-corrected chi connectivity index (χ2v) is 5.24. The van der Waals surface area contributed by atoms with E-state index in [9.17, 15) is 14.4 Å². The van der Waals surface area contributed by atoms with E-state index in [0.29, 0.717) is 6.54 Å². The lowest BCUT2D eigenvalue weighted by Gasteiger charge is -2.23. The van der Waals surface area contributed by atoms with Crippen LogP contribution in [0.25, 0.3) is 0 Å². The molecule has 0 rings (SSSR count). The summed E-state index contributed by atoms with van der Waals surface area (Å²) in [5, 5.41) is 13.8. The number of primary amides is 1. The summed E-state index contributed by atoms with van der Waals surface area (Å²) < 4.78 is 0. The highest BCUT2D eigenvalue weighted by atomic mass is 16.4. The fraction of sp³-hybridized carbons (Fsp3) is 0.750. The molecule has 0 aromatic heterocycles. The normalized spacial score (nSPS) is 12.6. The van der Waals surface area contributed by atoms with Crippen LogP contribution < -0.4 is 16.4 Å². The molecule has 0 radical (unpaired) electrons. The number of nitrogens with two attached hydrogens (primary N) is 1. The van der Waals surface area contributed by atoms with E-state index in [1.807, 2.05) is 20.8 Å². The summed E-state index contributed by atoms with van der Waals surface area (Å²) in [6.07, 6.45) is 0.782. The van der Waals surface area contributed by atoms with E-state index in [2.05, 4.69) is 10.6 Å². The molecule has 3 amide bonds. The molecule has 0 heterocycles. The van der Waals surface area contributed by atoms with Gasteiger partial charge in [0.25, 0.3) is 0 Å². The van der Waals surface area contributed by atoms with Crippen LogP contribution in [0, 0.1) is 5.41 Å². The summed E-state index contributed by atoms with van der Waals surface area (Å²) in [7, 11) is 0. The molecule has 0 fully saturated rings. The van der Waals surface area contributed by atoms with E-state index >= 15 is 0 Å². The van der Waals surface area contributed by atoms with Crippen LogP contribution in [-0.2, 0) is 9.59 Å². The van der Waals surface area contributed by atoms with Gasteiger partial charge in [0, 0.05) is 13.0 Å². The van der Waals surface area contributed by atoms with Crippen LogP contribution in [0.4, 0.5) is 4.79 Å². The van der Waals surface area contributed by atoms with Crippen molar-refractivity contribution >= 4 is 17.9 Å². The highest BCUT2D eigenvalue weighted by Crippen LogP contribution is 2.17. The summed E-state index contributed by atoms with van der Waals surface area (Å²) in [6.45, 7) is 6.44. The van der Waals surface area contributed by atoms with Crippen LogP contribution in [0.3, 0.4) is 0 Å². The first kappa shape index (κ1) is 17.2. The van der Waals surface area contributed by atoms with Crippen molar-refractivity contribution in [1.29, 1.82) is 0 Å². The van der Waals surface area contributed by atoms with E-state index in [1.54, 1.807) is 0 Å². The average Bonchev–Trinajstić information content (AvgIpc) is 2.31. The molecule has 0 aromatic carbocycles. The van der Waals surface area contributed by atoms with E-state index in [-0.39, 0.29) is 18.3 Å². The first-order valence-corrected chi connectivity index (χ1v) is 6.23. The van der Waals surface area contributed by atoms with Crippen molar-refractivity contribution in [1.82, 2.24) is 10.6 Å². The number of carbonyl (C=O) groups excluding carboxylic acids is 2. The van der Waals surface area contributed by atoms with Crippen LogP contribution in [0.1, 0.15) is 40.0 Å². The molecule has 7 nitrogen and oxygen atoms in total. The molecular weight excluding hydrogens is 250 g/mol. The number of urea groups is 1. The quantitative estimate of drug-likeness (QED) is 0.512. The van der Waals surface area contributed by atoms with Gasteiger partial charge < -0.3 is 21.5 Å². The van der Waals surface area contributed by atoms with Crippen molar-refractivity contribution in [3.8, 4) is 0 Å². The first-order chi connectivity index (χ1) is 8.68. The predicted octanol–water partition coefficient (Wildman–Crippen LogP) is 0.441. The van der Waals surface area contributed by atoms with Crippen molar-refractivity contribution in [2.75, 3.05) is 6.54 Å². The van der Waals surface area contributed by atoms with Gasteiger partial charge in [0.2, 0.25) is 5.91 Å². The maximum atomic E-state index is 11.6. The van der Waals surface area contributed by atoms with Crippen molar-refractivity contribution < 1.29 is 19.5 Å². The van der Waals surface area contributed by atoms with Gasteiger partial charge in [-0.3, -0.25) is 4.79 Å². The highest BCUT2D eigenvalue weighted by molar-refractivity contribution is 5.83. The number of carbonyl (C=O) groups is 3. The molecule has 0 bridgehead atoms. The Bertz CT molecular complexity index is 342. The number of carboxylic acid groups (broad SMARTS) is 1. The van der Waals surface area contributed by atoms with Gasteiger partial charge in [-0.15, -0.1) is 0 Å². The van der Waals surface area contributed by atoms with Gasteiger partial charge in [-0.25, -0.2) is 9.59 Å². The standard InChI is InChI=1S/C12H23N3O4/c1-4-12(2,3)7-14-11(19)15-8(10(17)18)5-6-9(13)16/h8H,4-7H2,1-3H3,(H2,13,16)(H,17,18)(H2,14,15,19)/t8-/m0/s1.